The van der Waals surface area contributed by atoms with E-state index < -0.39 is 5.92 Å². The molecule has 2 aromatic carbocycles. The minimum absolute atomic E-state index is 0. The van der Waals surface area contributed by atoms with Gasteiger partial charge >= 0.3 is 0 Å². The van der Waals surface area contributed by atoms with Crippen LogP contribution in [0.15, 0.2) is 42.5 Å². The number of allylic oxidation sites excluding steroid dienone is 1. The van der Waals surface area contributed by atoms with Crippen LogP contribution in [0.2, 0.25) is 0 Å². The lowest BCUT2D eigenvalue weighted by molar-refractivity contribution is -0.0410. The van der Waals surface area contributed by atoms with Gasteiger partial charge in [-0.3, -0.25) is 0 Å². The zero-order chi connectivity index (χ0) is 19.7. The lowest BCUT2D eigenvalue weighted by Crippen LogP contribution is -2.23. The van der Waals surface area contributed by atoms with Gasteiger partial charge in [0.2, 0.25) is 5.92 Å². The minimum Gasteiger partial charge on any atom is -0.496 e. The van der Waals surface area contributed by atoms with Gasteiger partial charge in [0, 0.05) is 12.8 Å². The molecule has 0 spiro atoms. The molecule has 1 saturated carbocycles. The molecule has 0 atom stereocenters. The smallest absolute Gasteiger partial charge is 0.248 e. The van der Waals surface area contributed by atoms with Crippen molar-refractivity contribution in [1.29, 1.82) is 0 Å². The highest BCUT2D eigenvalue weighted by molar-refractivity contribution is 5.85. The van der Waals surface area contributed by atoms with Crippen LogP contribution in [0.5, 0.6) is 5.75 Å². The molecule has 1 aromatic heterocycles. The standard InChI is InChI=1S/C22H21F3N2O.ClH/c1-28-19-4-2-3-16(23)21(19)15-6-7-17-18(13-15)27-20(26-17)8-5-14-9-11-22(24,25)12-10-14;/h2-8,13-14H,9-12H2,1H3,(H,26,27);1H. The number of hydrogen-bond donors (Lipinski definition) is 1. The second kappa shape index (κ2) is 8.49. The summed E-state index contributed by atoms with van der Waals surface area (Å²) < 4.78 is 46.2. The Labute approximate surface area is 173 Å². The minimum atomic E-state index is -2.52. The first-order valence-corrected chi connectivity index (χ1v) is 9.34. The van der Waals surface area contributed by atoms with Crippen molar-refractivity contribution >= 4 is 29.5 Å². The van der Waals surface area contributed by atoms with Gasteiger partial charge in [-0.05, 0) is 54.7 Å². The predicted molar refractivity (Wildman–Crippen MR) is 111 cm³/mol. The fourth-order valence-corrected chi connectivity index (χ4v) is 3.70. The molecule has 154 valence electrons. The van der Waals surface area contributed by atoms with Crippen molar-refractivity contribution in [2.24, 2.45) is 5.92 Å². The number of benzene rings is 2. The van der Waals surface area contributed by atoms with Crippen LogP contribution in [0.4, 0.5) is 13.2 Å². The number of alkyl halides is 2. The molecule has 7 heteroatoms. The van der Waals surface area contributed by atoms with E-state index in [1.807, 2.05) is 24.3 Å². The number of halogens is 4. The SMILES string of the molecule is COc1cccc(F)c1-c1ccc2nc(C=CC3CCC(F)(F)CC3)[nH]c2c1.Cl. The molecule has 3 nitrogen and oxygen atoms in total. The van der Waals surface area contributed by atoms with Gasteiger partial charge in [-0.1, -0.05) is 18.2 Å². The molecule has 0 unspecified atom stereocenters. The van der Waals surface area contributed by atoms with E-state index in [2.05, 4.69) is 9.97 Å². The molecule has 4 rings (SSSR count). The summed E-state index contributed by atoms with van der Waals surface area (Å²) in [7, 11) is 1.51. The van der Waals surface area contributed by atoms with E-state index in [4.69, 9.17) is 4.74 Å². The van der Waals surface area contributed by atoms with Crippen molar-refractivity contribution < 1.29 is 17.9 Å². The number of nitrogens with zero attached hydrogens (tertiary/aromatic N) is 1. The lowest BCUT2D eigenvalue weighted by Gasteiger charge is -2.26. The number of rotatable bonds is 4. The van der Waals surface area contributed by atoms with Crippen LogP contribution in [0.3, 0.4) is 0 Å². The number of aromatic nitrogens is 2. The first-order valence-electron chi connectivity index (χ1n) is 9.34. The summed E-state index contributed by atoms with van der Waals surface area (Å²) in [6.45, 7) is 0. The molecule has 1 fully saturated rings. The highest BCUT2D eigenvalue weighted by Gasteiger charge is 2.33. The van der Waals surface area contributed by atoms with E-state index in [1.165, 1.54) is 13.2 Å². The van der Waals surface area contributed by atoms with Gasteiger partial charge in [-0.15, -0.1) is 12.4 Å². The molecular formula is C22H22ClF3N2O. The Morgan fingerprint density at radius 1 is 1.17 bits per heavy atom. The number of fused-ring (bicyclic) bond motifs is 1. The molecule has 0 saturated heterocycles. The fourth-order valence-electron chi connectivity index (χ4n) is 3.70. The predicted octanol–water partition coefficient (Wildman–Crippen LogP) is 6.64. The van der Waals surface area contributed by atoms with E-state index >= 15 is 0 Å². The molecule has 0 radical (unpaired) electrons. The van der Waals surface area contributed by atoms with Gasteiger partial charge in [0.05, 0.1) is 23.7 Å². The fraction of sp³-hybridized carbons (Fsp3) is 0.318. The van der Waals surface area contributed by atoms with Crippen LogP contribution in [-0.2, 0) is 0 Å². The molecule has 0 aliphatic heterocycles. The highest BCUT2D eigenvalue weighted by Crippen LogP contribution is 2.37. The summed E-state index contributed by atoms with van der Waals surface area (Å²) >= 11 is 0. The second-order valence-corrected chi connectivity index (χ2v) is 7.22. The van der Waals surface area contributed by atoms with E-state index in [-0.39, 0.29) is 37.0 Å². The summed E-state index contributed by atoms with van der Waals surface area (Å²) in [5, 5.41) is 0. The molecule has 1 aliphatic rings. The summed E-state index contributed by atoms with van der Waals surface area (Å²) in [4.78, 5) is 7.72. The average Bonchev–Trinajstić information content (AvgIpc) is 3.09. The summed E-state index contributed by atoms with van der Waals surface area (Å²) in [6, 6.07) is 10.2. The lowest BCUT2D eigenvalue weighted by atomic mass is 9.86. The van der Waals surface area contributed by atoms with Crippen LogP contribution in [0.25, 0.3) is 28.2 Å². The Morgan fingerprint density at radius 2 is 1.93 bits per heavy atom. The van der Waals surface area contributed by atoms with Crippen LogP contribution >= 0.6 is 12.4 Å². The quantitative estimate of drug-likeness (QED) is 0.511. The third-order valence-corrected chi connectivity index (χ3v) is 5.27. The van der Waals surface area contributed by atoms with Crippen molar-refractivity contribution in [2.75, 3.05) is 7.11 Å². The maximum atomic E-state index is 14.3. The first-order chi connectivity index (χ1) is 13.4. The largest absolute Gasteiger partial charge is 0.496 e. The van der Waals surface area contributed by atoms with E-state index in [0.717, 1.165) is 11.0 Å². The van der Waals surface area contributed by atoms with E-state index in [1.54, 1.807) is 18.2 Å². The average molecular weight is 423 g/mol. The number of hydrogen-bond acceptors (Lipinski definition) is 2. The van der Waals surface area contributed by atoms with Crippen LogP contribution in [0, 0.1) is 11.7 Å². The van der Waals surface area contributed by atoms with Gasteiger partial charge in [0.15, 0.2) is 0 Å². The number of aromatic amines is 1. The number of H-pyrrole nitrogens is 1. The van der Waals surface area contributed by atoms with Gasteiger partial charge in [0.25, 0.3) is 0 Å². The molecule has 1 N–H and O–H groups in total. The molecule has 1 aliphatic carbocycles. The van der Waals surface area contributed by atoms with Crippen LogP contribution in [0.1, 0.15) is 31.5 Å². The topological polar surface area (TPSA) is 37.9 Å². The van der Waals surface area contributed by atoms with Crippen molar-refractivity contribution in [1.82, 2.24) is 9.97 Å². The third kappa shape index (κ3) is 4.58. The Hall–Kier alpha value is -2.47. The molecule has 3 aromatic rings. The van der Waals surface area contributed by atoms with Gasteiger partial charge in [-0.25, -0.2) is 18.2 Å². The maximum Gasteiger partial charge on any atom is 0.248 e. The number of nitrogens with one attached hydrogen (secondary N) is 1. The van der Waals surface area contributed by atoms with Gasteiger partial charge in [0.1, 0.15) is 17.4 Å². The molecular weight excluding hydrogens is 401 g/mol. The van der Waals surface area contributed by atoms with Crippen LogP contribution < -0.4 is 4.74 Å². The zero-order valence-corrected chi connectivity index (χ0v) is 16.7. The van der Waals surface area contributed by atoms with E-state index in [0.29, 0.717) is 35.5 Å². The third-order valence-electron chi connectivity index (χ3n) is 5.27. The highest BCUT2D eigenvalue weighted by atomic mass is 35.5. The molecule has 0 bridgehead atoms. The van der Waals surface area contributed by atoms with Crippen molar-refractivity contribution in [2.45, 2.75) is 31.6 Å². The number of methoxy groups -OCH3 is 1. The summed E-state index contributed by atoms with van der Waals surface area (Å²) in [6.07, 6.45) is 4.65. The number of imidazole rings is 1. The Kier molecular flexibility index (Phi) is 6.22. The van der Waals surface area contributed by atoms with Gasteiger partial charge < -0.3 is 9.72 Å². The van der Waals surface area contributed by atoms with E-state index in [9.17, 15) is 13.2 Å². The van der Waals surface area contributed by atoms with Crippen molar-refractivity contribution in [3.8, 4) is 16.9 Å². The molecule has 29 heavy (non-hydrogen) atoms. The normalized spacial score (nSPS) is 16.8. The molecule has 1 heterocycles. The summed E-state index contributed by atoms with van der Waals surface area (Å²) in [5.41, 5.74) is 2.63. The first kappa shape index (κ1) is 21.2. The van der Waals surface area contributed by atoms with Gasteiger partial charge in [-0.2, -0.15) is 0 Å². The zero-order valence-electron chi connectivity index (χ0n) is 15.9. The van der Waals surface area contributed by atoms with Crippen molar-refractivity contribution in [3.05, 3.63) is 54.1 Å². The molecule has 0 amide bonds. The second-order valence-electron chi connectivity index (χ2n) is 7.22. The van der Waals surface area contributed by atoms with Crippen LogP contribution in [-0.4, -0.2) is 23.0 Å². The monoisotopic (exact) mass is 422 g/mol. The Balaban J connectivity index is 0.00000240. The number of ether oxygens (including phenoxy) is 1. The summed E-state index contributed by atoms with van der Waals surface area (Å²) in [5.74, 6) is -1.61. The Morgan fingerprint density at radius 3 is 2.66 bits per heavy atom. The maximum absolute atomic E-state index is 14.3. The Bertz CT molecular complexity index is 1020. The van der Waals surface area contributed by atoms with Crippen molar-refractivity contribution in [3.63, 3.8) is 0 Å².